The van der Waals surface area contributed by atoms with Crippen molar-refractivity contribution < 1.29 is 23.9 Å². The molecule has 3 aromatic rings. The van der Waals surface area contributed by atoms with E-state index in [2.05, 4.69) is 42.0 Å². The van der Waals surface area contributed by atoms with Crippen LogP contribution in [0.1, 0.15) is 44.4 Å². The number of urea groups is 1. The highest BCUT2D eigenvalue weighted by Gasteiger charge is 2.37. The molecule has 7 nitrogen and oxygen atoms in total. The van der Waals surface area contributed by atoms with Gasteiger partial charge in [0.2, 0.25) is 0 Å². The number of ether oxygens (including phenoxy) is 2. The molecule has 0 saturated carbocycles. The molecule has 1 heterocycles. The summed E-state index contributed by atoms with van der Waals surface area (Å²) in [6.07, 6.45) is 1.44. The number of nitrogens with one attached hydrogen (secondary N) is 1. The maximum atomic E-state index is 13.4. The van der Waals surface area contributed by atoms with E-state index < -0.39 is 17.8 Å². The molecule has 0 spiro atoms. The summed E-state index contributed by atoms with van der Waals surface area (Å²) >= 11 is 3.53. The summed E-state index contributed by atoms with van der Waals surface area (Å²) < 4.78 is 12.4. The standard InChI is InChI=1S/C30H29BrN2O5/c1-5-37-25-17-20(16-24(31)26(25)38-18-19-9-7-6-8-10-19)15-23-27(34)32-29(36)33(28(23)35)22-13-11-21(12-14-22)30(2,3)4/h6-17H,5,18H2,1-4H3,(H,32,34,36). The number of hydrogen-bond donors (Lipinski definition) is 1. The van der Waals surface area contributed by atoms with Crippen molar-refractivity contribution in [1.82, 2.24) is 5.32 Å². The Hall–Kier alpha value is -3.91. The van der Waals surface area contributed by atoms with Crippen molar-refractivity contribution in [2.75, 3.05) is 11.5 Å². The summed E-state index contributed by atoms with van der Waals surface area (Å²) in [5.41, 5.74) is 2.70. The molecule has 0 atom stereocenters. The fraction of sp³-hybridized carbons (Fsp3) is 0.233. The predicted molar refractivity (Wildman–Crippen MR) is 150 cm³/mol. The molecule has 1 saturated heterocycles. The number of nitrogens with zero attached hydrogens (tertiary/aromatic N) is 1. The number of amides is 4. The van der Waals surface area contributed by atoms with Gasteiger partial charge in [-0.25, -0.2) is 9.69 Å². The minimum atomic E-state index is -0.790. The second-order valence-corrected chi connectivity index (χ2v) is 10.6. The van der Waals surface area contributed by atoms with Gasteiger partial charge in [0.15, 0.2) is 11.5 Å². The van der Waals surface area contributed by atoms with Crippen molar-refractivity contribution in [2.45, 2.75) is 39.7 Å². The fourth-order valence-corrected chi connectivity index (χ4v) is 4.55. The Bertz CT molecular complexity index is 1390. The minimum Gasteiger partial charge on any atom is -0.490 e. The highest BCUT2D eigenvalue weighted by Crippen LogP contribution is 2.38. The zero-order valence-electron chi connectivity index (χ0n) is 21.7. The lowest BCUT2D eigenvalue weighted by Crippen LogP contribution is -2.54. The zero-order valence-corrected chi connectivity index (χ0v) is 23.3. The van der Waals surface area contributed by atoms with Crippen LogP contribution in [0.3, 0.4) is 0 Å². The molecule has 3 aromatic carbocycles. The fourth-order valence-electron chi connectivity index (χ4n) is 3.97. The molecule has 0 radical (unpaired) electrons. The molecule has 38 heavy (non-hydrogen) atoms. The van der Waals surface area contributed by atoms with Gasteiger partial charge in [0, 0.05) is 0 Å². The third-order valence-corrected chi connectivity index (χ3v) is 6.55. The Morgan fingerprint density at radius 3 is 2.26 bits per heavy atom. The number of halogens is 1. The molecular formula is C30H29BrN2O5. The van der Waals surface area contributed by atoms with Gasteiger partial charge in [0.25, 0.3) is 11.8 Å². The van der Waals surface area contributed by atoms with Crippen LogP contribution in [-0.4, -0.2) is 24.5 Å². The summed E-state index contributed by atoms with van der Waals surface area (Å²) in [4.78, 5) is 39.6. The van der Waals surface area contributed by atoms with Gasteiger partial charge in [-0.2, -0.15) is 0 Å². The van der Waals surface area contributed by atoms with E-state index in [0.717, 1.165) is 16.0 Å². The third kappa shape index (κ3) is 5.97. The SMILES string of the molecule is CCOc1cc(C=C2C(=O)NC(=O)N(c3ccc(C(C)(C)C)cc3)C2=O)cc(Br)c1OCc1ccccc1. The van der Waals surface area contributed by atoms with E-state index in [1.54, 1.807) is 24.3 Å². The van der Waals surface area contributed by atoms with Crippen molar-refractivity contribution in [1.29, 1.82) is 0 Å². The van der Waals surface area contributed by atoms with E-state index in [4.69, 9.17) is 9.47 Å². The number of barbiturate groups is 1. The lowest BCUT2D eigenvalue weighted by molar-refractivity contribution is -0.122. The van der Waals surface area contributed by atoms with E-state index in [-0.39, 0.29) is 11.0 Å². The van der Waals surface area contributed by atoms with E-state index in [1.165, 1.54) is 6.08 Å². The second kappa shape index (κ2) is 11.2. The molecule has 0 bridgehead atoms. The molecule has 196 valence electrons. The van der Waals surface area contributed by atoms with Crippen LogP contribution >= 0.6 is 15.9 Å². The Morgan fingerprint density at radius 2 is 1.63 bits per heavy atom. The molecule has 1 N–H and O–H groups in total. The lowest BCUT2D eigenvalue weighted by atomic mass is 9.87. The highest BCUT2D eigenvalue weighted by molar-refractivity contribution is 9.10. The number of imide groups is 2. The van der Waals surface area contributed by atoms with E-state index >= 15 is 0 Å². The zero-order chi connectivity index (χ0) is 27.4. The van der Waals surface area contributed by atoms with Crippen molar-refractivity contribution in [3.8, 4) is 11.5 Å². The molecule has 0 unspecified atom stereocenters. The monoisotopic (exact) mass is 576 g/mol. The first-order chi connectivity index (χ1) is 18.1. The number of carbonyl (C=O) groups is 3. The van der Waals surface area contributed by atoms with Crippen LogP contribution in [0.5, 0.6) is 11.5 Å². The van der Waals surface area contributed by atoms with Crippen molar-refractivity contribution >= 4 is 45.5 Å². The maximum absolute atomic E-state index is 13.4. The molecular weight excluding hydrogens is 548 g/mol. The normalized spacial score (nSPS) is 15.0. The molecule has 1 fully saturated rings. The quantitative estimate of drug-likeness (QED) is 0.260. The lowest BCUT2D eigenvalue weighted by Gasteiger charge is -2.27. The van der Waals surface area contributed by atoms with Crippen LogP contribution in [0.15, 0.2) is 76.8 Å². The number of anilines is 1. The first-order valence-electron chi connectivity index (χ1n) is 12.2. The Kier molecular flexibility index (Phi) is 8.02. The molecule has 4 rings (SSSR count). The Balaban J connectivity index is 1.65. The number of rotatable bonds is 7. The van der Waals surface area contributed by atoms with Crippen molar-refractivity contribution in [2.24, 2.45) is 0 Å². The van der Waals surface area contributed by atoms with Gasteiger partial charge in [-0.15, -0.1) is 0 Å². The van der Waals surface area contributed by atoms with Crippen LogP contribution in [-0.2, 0) is 21.6 Å². The average Bonchev–Trinajstić information content (AvgIpc) is 2.86. The number of carbonyl (C=O) groups excluding carboxylic acids is 3. The molecule has 1 aliphatic heterocycles. The van der Waals surface area contributed by atoms with Gasteiger partial charge in [0.1, 0.15) is 12.2 Å². The summed E-state index contributed by atoms with van der Waals surface area (Å²) in [7, 11) is 0. The number of hydrogen-bond acceptors (Lipinski definition) is 5. The van der Waals surface area contributed by atoms with E-state index in [1.807, 2.05) is 49.4 Å². The van der Waals surface area contributed by atoms with E-state index in [9.17, 15) is 14.4 Å². The first kappa shape index (κ1) is 27.1. The van der Waals surface area contributed by atoms with Gasteiger partial charge in [-0.3, -0.25) is 14.9 Å². The van der Waals surface area contributed by atoms with Crippen LogP contribution in [0.2, 0.25) is 0 Å². The van der Waals surface area contributed by atoms with Crippen molar-refractivity contribution in [3.05, 3.63) is 93.5 Å². The minimum absolute atomic E-state index is 0.0870. The summed E-state index contributed by atoms with van der Waals surface area (Å²) in [5.74, 6) is -0.506. The van der Waals surface area contributed by atoms with Gasteiger partial charge < -0.3 is 9.47 Å². The third-order valence-electron chi connectivity index (χ3n) is 5.96. The topological polar surface area (TPSA) is 84.9 Å². The van der Waals surface area contributed by atoms with Gasteiger partial charge in [0.05, 0.1) is 16.8 Å². The molecule has 0 aromatic heterocycles. The van der Waals surface area contributed by atoms with Crippen molar-refractivity contribution in [3.63, 3.8) is 0 Å². The molecule has 1 aliphatic rings. The van der Waals surface area contributed by atoms with Crippen LogP contribution in [0.25, 0.3) is 6.08 Å². The predicted octanol–water partition coefficient (Wildman–Crippen LogP) is 6.39. The van der Waals surface area contributed by atoms with Gasteiger partial charge in [-0.1, -0.05) is 63.2 Å². The van der Waals surface area contributed by atoms with Gasteiger partial charge >= 0.3 is 6.03 Å². The first-order valence-corrected chi connectivity index (χ1v) is 13.0. The largest absolute Gasteiger partial charge is 0.490 e. The second-order valence-electron chi connectivity index (χ2n) is 9.79. The highest BCUT2D eigenvalue weighted by atomic mass is 79.9. The molecule has 8 heteroatoms. The summed E-state index contributed by atoms with van der Waals surface area (Å²) in [5, 5.41) is 2.27. The smallest absolute Gasteiger partial charge is 0.335 e. The van der Waals surface area contributed by atoms with Crippen LogP contribution in [0.4, 0.5) is 10.5 Å². The molecule has 0 aliphatic carbocycles. The summed E-state index contributed by atoms with van der Waals surface area (Å²) in [6.45, 7) is 8.81. The maximum Gasteiger partial charge on any atom is 0.335 e. The van der Waals surface area contributed by atoms with Crippen LogP contribution in [0, 0.1) is 0 Å². The summed E-state index contributed by atoms with van der Waals surface area (Å²) in [6, 6.07) is 19.5. The van der Waals surface area contributed by atoms with Gasteiger partial charge in [-0.05, 0) is 75.3 Å². The van der Waals surface area contributed by atoms with E-state index in [0.29, 0.717) is 40.4 Å². The Morgan fingerprint density at radius 1 is 0.947 bits per heavy atom. The molecule has 4 amide bonds. The average molecular weight is 577 g/mol. The van der Waals surface area contributed by atoms with Crippen LogP contribution < -0.4 is 19.7 Å². The number of benzene rings is 3. The Labute approximate surface area is 230 Å².